The van der Waals surface area contributed by atoms with Crippen LogP contribution >= 0.6 is 0 Å². The largest absolute Gasteiger partial charge is 0.507 e. The highest BCUT2D eigenvalue weighted by atomic mass is 16.5. The molecule has 2 aromatic carbocycles. The molecule has 5 nitrogen and oxygen atoms in total. The summed E-state index contributed by atoms with van der Waals surface area (Å²) in [6, 6.07) is 9.78. The number of phenolic OH excluding ortho intramolecular Hbond substituents is 1. The maximum absolute atomic E-state index is 13.0. The molecule has 0 aliphatic heterocycles. The zero-order chi connectivity index (χ0) is 26.0. The van der Waals surface area contributed by atoms with Gasteiger partial charge in [0, 0.05) is 49.4 Å². The fraction of sp³-hybridized carbons (Fsp3) is 0.433. The Balaban J connectivity index is 2.32. The monoisotopic (exact) mass is 478 g/mol. The zero-order valence-corrected chi connectivity index (χ0v) is 22.4. The molecule has 0 spiro atoms. The van der Waals surface area contributed by atoms with Gasteiger partial charge in [-0.3, -0.25) is 4.79 Å². The van der Waals surface area contributed by atoms with Crippen LogP contribution in [0.4, 0.5) is 0 Å². The summed E-state index contributed by atoms with van der Waals surface area (Å²) < 4.78 is 6.14. The summed E-state index contributed by atoms with van der Waals surface area (Å²) in [6.07, 6.45) is 5.20. The second-order valence-corrected chi connectivity index (χ2v) is 8.63. The molecular weight excluding hydrogens is 436 g/mol. The van der Waals surface area contributed by atoms with Crippen LogP contribution in [0.5, 0.6) is 11.5 Å². The van der Waals surface area contributed by atoms with Crippen LogP contribution in [0.25, 0.3) is 5.70 Å². The number of rotatable bonds is 13. The van der Waals surface area contributed by atoms with Gasteiger partial charge >= 0.3 is 0 Å². The third-order valence-electron chi connectivity index (χ3n) is 6.38. The number of allylic oxidation sites excluding steroid dienone is 1. The molecule has 0 aliphatic rings. The van der Waals surface area contributed by atoms with Crippen LogP contribution in [-0.4, -0.2) is 53.6 Å². The van der Waals surface area contributed by atoms with Crippen molar-refractivity contribution in [2.24, 2.45) is 0 Å². The van der Waals surface area contributed by atoms with Crippen LogP contribution in [0.1, 0.15) is 66.7 Å². The molecule has 2 aromatic rings. The minimum atomic E-state index is -0.0105. The Bertz CT molecular complexity index is 1030. The van der Waals surface area contributed by atoms with Crippen molar-refractivity contribution in [3.8, 4) is 11.5 Å². The summed E-state index contributed by atoms with van der Waals surface area (Å²) in [6.45, 7) is 19.4. The van der Waals surface area contributed by atoms with E-state index in [9.17, 15) is 9.90 Å². The van der Waals surface area contributed by atoms with E-state index < -0.39 is 0 Å². The molecule has 5 heteroatoms. The molecule has 0 saturated carbocycles. The second kappa shape index (κ2) is 13.6. The van der Waals surface area contributed by atoms with Gasteiger partial charge in [-0.15, -0.1) is 6.58 Å². The highest BCUT2D eigenvalue weighted by Crippen LogP contribution is 2.33. The van der Waals surface area contributed by atoms with Gasteiger partial charge in [0.25, 0.3) is 5.91 Å². The molecule has 0 fully saturated rings. The molecule has 0 aliphatic carbocycles. The highest BCUT2D eigenvalue weighted by Gasteiger charge is 2.19. The Morgan fingerprint density at radius 3 is 2.20 bits per heavy atom. The smallest absolute Gasteiger partial charge is 0.257 e. The molecule has 35 heavy (non-hydrogen) atoms. The Hall–Kier alpha value is -3.21. The Kier molecular flexibility index (Phi) is 10.9. The lowest BCUT2D eigenvalue weighted by atomic mass is 9.97. The number of ether oxygens (including phenoxy) is 1. The van der Waals surface area contributed by atoms with Crippen molar-refractivity contribution in [1.82, 2.24) is 9.80 Å². The number of nitrogens with zero attached hydrogens (tertiary/aromatic N) is 2. The molecule has 190 valence electrons. The normalized spacial score (nSPS) is 11.3. The lowest BCUT2D eigenvalue weighted by molar-refractivity contribution is 0.0768. The first-order chi connectivity index (χ1) is 16.8. The van der Waals surface area contributed by atoms with Gasteiger partial charge in [-0.25, -0.2) is 0 Å². The van der Waals surface area contributed by atoms with E-state index in [1.165, 1.54) is 0 Å². The lowest BCUT2D eigenvalue weighted by Gasteiger charge is -2.26. The van der Waals surface area contributed by atoms with E-state index >= 15 is 0 Å². The number of phenols is 1. The predicted octanol–water partition coefficient (Wildman–Crippen LogP) is 6.37. The topological polar surface area (TPSA) is 53.0 Å². The Morgan fingerprint density at radius 1 is 0.971 bits per heavy atom. The summed E-state index contributed by atoms with van der Waals surface area (Å²) in [7, 11) is 0. The van der Waals surface area contributed by atoms with Crippen molar-refractivity contribution in [3.63, 3.8) is 0 Å². The first kappa shape index (κ1) is 28.0. The van der Waals surface area contributed by atoms with E-state index in [0.29, 0.717) is 49.6 Å². The van der Waals surface area contributed by atoms with Crippen LogP contribution in [0.3, 0.4) is 0 Å². The molecule has 0 bridgehead atoms. The van der Waals surface area contributed by atoms with Gasteiger partial charge < -0.3 is 19.6 Å². The van der Waals surface area contributed by atoms with Crippen molar-refractivity contribution in [2.45, 2.75) is 54.4 Å². The SMILES string of the molecule is C=CCc1c(C)ccc(/C(=C\CCOc2cc(C)ccc2C(=O)N(CC)CC)N(CC)CC)c1O. The molecule has 0 saturated heterocycles. The zero-order valence-electron chi connectivity index (χ0n) is 22.4. The number of aryl methyl sites for hydroxylation is 2. The van der Waals surface area contributed by atoms with E-state index in [0.717, 1.165) is 41.0 Å². The van der Waals surface area contributed by atoms with Gasteiger partial charge in [0.1, 0.15) is 11.5 Å². The van der Waals surface area contributed by atoms with E-state index in [1.54, 1.807) is 4.90 Å². The average molecular weight is 479 g/mol. The van der Waals surface area contributed by atoms with Crippen LogP contribution in [0.15, 0.2) is 49.1 Å². The molecule has 2 rings (SSSR count). The number of aromatic hydroxyl groups is 1. The summed E-state index contributed by atoms with van der Waals surface area (Å²) in [4.78, 5) is 17.0. The fourth-order valence-electron chi connectivity index (χ4n) is 4.29. The summed E-state index contributed by atoms with van der Waals surface area (Å²) in [5.41, 5.74) is 5.42. The van der Waals surface area contributed by atoms with E-state index in [1.807, 2.05) is 58.0 Å². The van der Waals surface area contributed by atoms with Crippen molar-refractivity contribution < 1.29 is 14.6 Å². The fourth-order valence-corrected chi connectivity index (χ4v) is 4.29. The van der Waals surface area contributed by atoms with E-state index in [2.05, 4.69) is 37.5 Å². The van der Waals surface area contributed by atoms with Crippen molar-refractivity contribution >= 4 is 11.6 Å². The summed E-state index contributed by atoms with van der Waals surface area (Å²) in [5.74, 6) is 0.921. The van der Waals surface area contributed by atoms with Gasteiger partial charge in [-0.2, -0.15) is 0 Å². The quantitative estimate of drug-likeness (QED) is 0.268. The Morgan fingerprint density at radius 2 is 1.60 bits per heavy atom. The first-order valence-corrected chi connectivity index (χ1v) is 12.7. The third-order valence-corrected chi connectivity index (χ3v) is 6.38. The molecule has 0 aromatic heterocycles. The number of amides is 1. The molecule has 0 atom stereocenters. The van der Waals surface area contributed by atoms with Crippen LogP contribution < -0.4 is 4.74 Å². The second-order valence-electron chi connectivity index (χ2n) is 8.63. The molecule has 0 unspecified atom stereocenters. The summed E-state index contributed by atoms with van der Waals surface area (Å²) >= 11 is 0. The van der Waals surface area contributed by atoms with E-state index in [4.69, 9.17) is 4.74 Å². The predicted molar refractivity (Wildman–Crippen MR) is 146 cm³/mol. The van der Waals surface area contributed by atoms with Gasteiger partial charge in [0.2, 0.25) is 0 Å². The third kappa shape index (κ3) is 6.91. The highest BCUT2D eigenvalue weighted by molar-refractivity contribution is 5.97. The van der Waals surface area contributed by atoms with Crippen LogP contribution in [0, 0.1) is 13.8 Å². The van der Waals surface area contributed by atoms with Gasteiger partial charge in [0.15, 0.2) is 0 Å². The minimum Gasteiger partial charge on any atom is -0.507 e. The number of hydrogen-bond donors (Lipinski definition) is 1. The van der Waals surface area contributed by atoms with Gasteiger partial charge in [-0.1, -0.05) is 24.3 Å². The summed E-state index contributed by atoms with van der Waals surface area (Å²) in [5, 5.41) is 11.1. The maximum atomic E-state index is 13.0. The number of hydrogen-bond acceptors (Lipinski definition) is 4. The minimum absolute atomic E-state index is 0.0105. The van der Waals surface area contributed by atoms with Crippen LogP contribution in [-0.2, 0) is 6.42 Å². The average Bonchev–Trinajstić information content (AvgIpc) is 2.85. The number of carbonyl (C=O) groups excluding carboxylic acids is 1. The lowest BCUT2D eigenvalue weighted by Crippen LogP contribution is -2.30. The first-order valence-electron chi connectivity index (χ1n) is 12.7. The van der Waals surface area contributed by atoms with E-state index in [-0.39, 0.29) is 5.91 Å². The van der Waals surface area contributed by atoms with Gasteiger partial charge in [-0.05, 0) is 77.3 Å². The van der Waals surface area contributed by atoms with Crippen molar-refractivity contribution in [3.05, 3.63) is 76.9 Å². The number of carbonyl (C=O) groups is 1. The molecule has 0 radical (unpaired) electrons. The van der Waals surface area contributed by atoms with Gasteiger partial charge in [0.05, 0.1) is 12.2 Å². The molecule has 0 heterocycles. The molecule has 1 N–H and O–H groups in total. The standard InChI is InChI=1S/C30H42N2O3/c1-8-14-24-23(7)17-19-25(29(24)33)27(31(9-2)10-3)15-13-20-35-28-21-22(6)16-18-26(28)30(34)32(11-4)12-5/h8,15-19,21,33H,1,9-14,20H2,2-7H3/b27-15+. The maximum Gasteiger partial charge on any atom is 0.257 e. The molecule has 1 amide bonds. The van der Waals surface area contributed by atoms with Crippen molar-refractivity contribution in [1.29, 1.82) is 0 Å². The Labute approximate surface area is 211 Å². The number of benzene rings is 2. The van der Waals surface area contributed by atoms with Crippen LogP contribution in [0.2, 0.25) is 0 Å². The van der Waals surface area contributed by atoms with Crippen molar-refractivity contribution in [2.75, 3.05) is 32.8 Å². The molecular formula is C30H42N2O3.